The van der Waals surface area contributed by atoms with Gasteiger partial charge in [-0.1, -0.05) is 48.0 Å². The predicted molar refractivity (Wildman–Crippen MR) is 101 cm³/mol. The van der Waals surface area contributed by atoms with Crippen LogP contribution in [0.3, 0.4) is 0 Å². The zero-order valence-corrected chi connectivity index (χ0v) is 15.3. The van der Waals surface area contributed by atoms with Crippen LogP contribution in [0.5, 0.6) is 5.75 Å². The van der Waals surface area contributed by atoms with Crippen LogP contribution >= 0.6 is 0 Å². The summed E-state index contributed by atoms with van der Waals surface area (Å²) in [6.45, 7) is 2.00. The second-order valence-corrected chi connectivity index (χ2v) is 6.30. The molecule has 1 aromatic heterocycles. The van der Waals surface area contributed by atoms with E-state index in [-0.39, 0.29) is 18.4 Å². The number of hydrogen-bond donors (Lipinski definition) is 1. The van der Waals surface area contributed by atoms with E-state index in [1.165, 1.54) is 0 Å². The second-order valence-electron chi connectivity index (χ2n) is 6.30. The first-order valence-electron chi connectivity index (χ1n) is 8.53. The average Bonchev–Trinajstić information content (AvgIpc) is 3.06. The molecule has 5 nitrogen and oxygen atoms in total. The van der Waals surface area contributed by atoms with Crippen molar-refractivity contribution < 1.29 is 9.53 Å². The monoisotopic (exact) mass is 349 g/mol. The first-order chi connectivity index (χ1) is 12.6. The lowest BCUT2D eigenvalue weighted by Crippen LogP contribution is -2.32. The van der Waals surface area contributed by atoms with Crippen LogP contribution in [0.2, 0.25) is 0 Å². The summed E-state index contributed by atoms with van der Waals surface area (Å²) < 4.78 is 7.31. The van der Waals surface area contributed by atoms with Crippen molar-refractivity contribution in [2.75, 3.05) is 7.11 Å². The van der Waals surface area contributed by atoms with E-state index < -0.39 is 0 Å². The number of rotatable bonds is 6. The maximum absolute atomic E-state index is 12.8. The molecule has 2 aromatic carbocycles. The van der Waals surface area contributed by atoms with Crippen LogP contribution in [0.25, 0.3) is 0 Å². The molecule has 0 aliphatic carbocycles. The summed E-state index contributed by atoms with van der Waals surface area (Å²) in [5.74, 6) is 1.44. The van der Waals surface area contributed by atoms with Crippen molar-refractivity contribution >= 4 is 5.91 Å². The van der Waals surface area contributed by atoms with Crippen molar-refractivity contribution in [3.63, 3.8) is 0 Å². The molecule has 3 aromatic rings. The third kappa shape index (κ3) is 3.94. The SMILES string of the molecule is COc1ccc(C)cc1CC(=O)NC(c1ccccc1)c1nccn1C. The Kier molecular flexibility index (Phi) is 5.37. The van der Waals surface area contributed by atoms with Gasteiger partial charge < -0.3 is 14.6 Å². The summed E-state index contributed by atoms with van der Waals surface area (Å²) in [5.41, 5.74) is 2.96. The van der Waals surface area contributed by atoms with Gasteiger partial charge in [0.25, 0.3) is 0 Å². The molecule has 0 bridgehead atoms. The number of hydrogen-bond acceptors (Lipinski definition) is 3. The molecular formula is C21H23N3O2. The Labute approximate surface area is 153 Å². The lowest BCUT2D eigenvalue weighted by Gasteiger charge is -2.19. The molecule has 0 saturated carbocycles. The highest BCUT2D eigenvalue weighted by atomic mass is 16.5. The van der Waals surface area contributed by atoms with Crippen LogP contribution in [-0.4, -0.2) is 22.6 Å². The first kappa shape index (κ1) is 17.7. The number of aromatic nitrogens is 2. The Bertz CT molecular complexity index is 887. The molecule has 0 radical (unpaired) electrons. The number of carbonyl (C=O) groups is 1. The number of benzene rings is 2. The van der Waals surface area contributed by atoms with Crippen LogP contribution in [0.15, 0.2) is 60.9 Å². The van der Waals surface area contributed by atoms with Crippen molar-refractivity contribution in [1.29, 1.82) is 0 Å². The number of carbonyl (C=O) groups excluding carboxylic acids is 1. The number of imidazole rings is 1. The van der Waals surface area contributed by atoms with Gasteiger partial charge in [0.05, 0.1) is 13.5 Å². The molecule has 5 heteroatoms. The summed E-state index contributed by atoms with van der Waals surface area (Å²) in [4.78, 5) is 17.2. The molecule has 26 heavy (non-hydrogen) atoms. The van der Waals surface area contributed by atoms with Gasteiger partial charge in [-0.2, -0.15) is 0 Å². The Morgan fingerprint density at radius 2 is 2.00 bits per heavy atom. The van der Waals surface area contributed by atoms with Gasteiger partial charge >= 0.3 is 0 Å². The van der Waals surface area contributed by atoms with E-state index in [0.29, 0.717) is 0 Å². The largest absolute Gasteiger partial charge is 0.496 e. The number of amides is 1. The number of methoxy groups -OCH3 is 1. The molecule has 1 atom stereocenters. The van der Waals surface area contributed by atoms with E-state index in [2.05, 4.69) is 10.3 Å². The minimum atomic E-state index is -0.306. The molecule has 1 unspecified atom stereocenters. The van der Waals surface area contributed by atoms with Crippen molar-refractivity contribution in [2.45, 2.75) is 19.4 Å². The van der Waals surface area contributed by atoms with E-state index in [9.17, 15) is 4.79 Å². The van der Waals surface area contributed by atoms with Crippen molar-refractivity contribution in [2.24, 2.45) is 7.05 Å². The summed E-state index contributed by atoms with van der Waals surface area (Å²) in [7, 11) is 3.54. The van der Waals surface area contributed by atoms with Gasteiger partial charge in [-0.05, 0) is 18.6 Å². The number of nitrogens with one attached hydrogen (secondary N) is 1. The summed E-state index contributed by atoms with van der Waals surface area (Å²) in [5, 5.41) is 3.12. The minimum absolute atomic E-state index is 0.0780. The Hall–Kier alpha value is -3.08. The highest BCUT2D eigenvalue weighted by molar-refractivity contribution is 5.80. The van der Waals surface area contributed by atoms with Gasteiger partial charge in [-0.3, -0.25) is 4.79 Å². The van der Waals surface area contributed by atoms with Gasteiger partial charge in [0.2, 0.25) is 5.91 Å². The van der Waals surface area contributed by atoms with Crippen molar-refractivity contribution in [3.8, 4) is 5.75 Å². The van der Waals surface area contributed by atoms with Gasteiger partial charge in [0.1, 0.15) is 17.6 Å². The van der Waals surface area contributed by atoms with E-state index in [4.69, 9.17) is 4.74 Å². The number of nitrogens with zero attached hydrogens (tertiary/aromatic N) is 2. The molecule has 0 spiro atoms. The Morgan fingerprint density at radius 3 is 2.65 bits per heavy atom. The zero-order chi connectivity index (χ0) is 18.5. The summed E-state index contributed by atoms with van der Waals surface area (Å²) in [6.07, 6.45) is 3.86. The van der Waals surface area contributed by atoms with Crippen LogP contribution < -0.4 is 10.1 Å². The maximum atomic E-state index is 12.8. The summed E-state index contributed by atoms with van der Waals surface area (Å²) >= 11 is 0. The van der Waals surface area contributed by atoms with Crippen molar-refractivity contribution in [1.82, 2.24) is 14.9 Å². The van der Waals surface area contributed by atoms with Gasteiger partial charge in [0, 0.05) is 25.0 Å². The normalized spacial score (nSPS) is 11.8. The molecule has 1 amide bonds. The Balaban J connectivity index is 1.85. The van der Waals surface area contributed by atoms with E-state index in [0.717, 1.165) is 28.3 Å². The van der Waals surface area contributed by atoms with Crippen molar-refractivity contribution in [3.05, 3.63) is 83.4 Å². The zero-order valence-electron chi connectivity index (χ0n) is 15.3. The van der Waals surface area contributed by atoms with E-state index >= 15 is 0 Å². The second kappa shape index (κ2) is 7.87. The molecule has 3 rings (SSSR count). The molecule has 0 aliphatic rings. The van der Waals surface area contributed by atoms with Gasteiger partial charge in [-0.25, -0.2) is 4.98 Å². The highest BCUT2D eigenvalue weighted by Gasteiger charge is 2.21. The third-order valence-electron chi connectivity index (χ3n) is 4.34. The van der Waals surface area contributed by atoms with Crippen LogP contribution in [0, 0.1) is 6.92 Å². The van der Waals surface area contributed by atoms with Gasteiger partial charge in [-0.15, -0.1) is 0 Å². The van der Waals surface area contributed by atoms with Crippen LogP contribution in [0.1, 0.15) is 28.6 Å². The molecule has 0 saturated heterocycles. The van der Waals surface area contributed by atoms with Crippen LogP contribution in [0.4, 0.5) is 0 Å². The maximum Gasteiger partial charge on any atom is 0.225 e. The molecule has 134 valence electrons. The number of aryl methyl sites for hydroxylation is 2. The lowest BCUT2D eigenvalue weighted by molar-refractivity contribution is -0.121. The number of ether oxygens (including phenoxy) is 1. The van der Waals surface area contributed by atoms with Crippen LogP contribution in [-0.2, 0) is 18.3 Å². The smallest absolute Gasteiger partial charge is 0.225 e. The molecule has 1 heterocycles. The minimum Gasteiger partial charge on any atom is -0.496 e. The summed E-state index contributed by atoms with van der Waals surface area (Å²) in [6, 6.07) is 15.4. The average molecular weight is 349 g/mol. The lowest BCUT2D eigenvalue weighted by atomic mass is 10.0. The standard InChI is InChI=1S/C21H23N3O2/c1-15-9-10-18(26-3)17(13-15)14-19(25)23-20(16-7-5-4-6-8-16)21-22-11-12-24(21)2/h4-13,20H,14H2,1-3H3,(H,23,25). The molecular weight excluding hydrogens is 326 g/mol. The van der Waals surface area contributed by atoms with E-state index in [1.54, 1.807) is 13.3 Å². The molecule has 0 aliphatic heterocycles. The fraction of sp³-hybridized carbons (Fsp3) is 0.238. The first-order valence-corrected chi connectivity index (χ1v) is 8.53. The fourth-order valence-electron chi connectivity index (χ4n) is 3.03. The topological polar surface area (TPSA) is 56.1 Å². The molecule has 1 N–H and O–H groups in total. The highest BCUT2D eigenvalue weighted by Crippen LogP contribution is 2.23. The third-order valence-corrected chi connectivity index (χ3v) is 4.34. The fourth-order valence-corrected chi connectivity index (χ4v) is 3.03. The van der Waals surface area contributed by atoms with Gasteiger partial charge in [0.15, 0.2) is 0 Å². The Morgan fingerprint density at radius 1 is 1.23 bits per heavy atom. The molecule has 0 fully saturated rings. The van der Waals surface area contributed by atoms with E-state index in [1.807, 2.05) is 73.3 Å². The quantitative estimate of drug-likeness (QED) is 0.744. The predicted octanol–water partition coefficient (Wildman–Crippen LogP) is 3.19.